The van der Waals surface area contributed by atoms with Crippen molar-refractivity contribution in [2.24, 2.45) is 11.7 Å². The molecule has 1 aromatic heterocycles. The fraction of sp³-hybridized carbons (Fsp3) is 0.290. The van der Waals surface area contributed by atoms with Gasteiger partial charge in [0.1, 0.15) is 5.82 Å². The van der Waals surface area contributed by atoms with E-state index in [4.69, 9.17) is 17.1 Å². The van der Waals surface area contributed by atoms with Crippen molar-refractivity contribution in [3.63, 3.8) is 0 Å². The molecule has 0 aliphatic heterocycles. The van der Waals surface area contributed by atoms with Gasteiger partial charge in [0, 0.05) is 24.2 Å². The van der Waals surface area contributed by atoms with Gasteiger partial charge in [-0.3, -0.25) is 4.79 Å². The average Bonchev–Trinajstić information content (AvgIpc) is 3.23. The van der Waals surface area contributed by atoms with Crippen LogP contribution in [0.25, 0.3) is 11.0 Å². The molecule has 5 heteroatoms. The van der Waals surface area contributed by atoms with E-state index in [-0.39, 0.29) is 17.9 Å². The number of aromatic nitrogens is 2. The number of amides is 1. The third-order valence-corrected chi connectivity index (χ3v) is 6.52. The lowest BCUT2D eigenvalue weighted by Crippen LogP contribution is -2.40. The van der Waals surface area contributed by atoms with Crippen molar-refractivity contribution in [2.75, 3.05) is 13.1 Å². The van der Waals surface area contributed by atoms with Crippen LogP contribution in [0, 0.1) is 25.2 Å². The molecule has 1 atom stereocenters. The first-order valence-corrected chi connectivity index (χ1v) is 12.5. The lowest BCUT2D eigenvalue weighted by atomic mass is 9.99. The molecule has 3 aromatic carbocycles. The number of hydrogen-bond acceptors (Lipinski definition) is 3. The van der Waals surface area contributed by atoms with Crippen molar-refractivity contribution in [1.82, 2.24) is 14.5 Å². The molecule has 184 valence electrons. The quantitative estimate of drug-likeness (QED) is 0.320. The van der Waals surface area contributed by atoms with Gasteiger partial charge in [0.2, 0.25) is 0 Å². The van der Waals surface area contributed by atoms with Crippen LogP contribution in [0.3, 0.4) is 0 Å². The first-order chi connectivity index (χ1) is 17.4. The normalized spacial score (nSPS) is 12.0. The highest BCUT2D eigenvalue weighted by atomic mass is 16.2. The minimum atomic E-state index is -0.240. The van der Waals surface area contributed by atoms with Gasteiger partial charge in [0.15, 0.2) is 0 Å². The average molecular weight is 479 g/mol. The fourth-order valence-electron chi connectivity index (χ4n) is 4.68. The number of imidazole rings is 1. The van der Waals surface area contributed by atoms with E-state index in [1.165, 1.54) is 5.56 Å². The van der Waals surface area contributed by atoms with E-state index in [1.54, 1.807) is 0 Å². The van der Waals surface area contributed by atoms with Crippen LogP contribution in [0.15, 0.2) is 72.8 Å². The smallest absolute Gasteiger partial charge is 0.254 e. The predicted octanol–water partition coefficient (Wildman–Crippen LogP) is 5.56. The molecular formula is C31H34N4O. The molecule has 36 heavy (non-hydrogen) atoms. The molecule has 0 bridgehead atoms. The zero-order chi connectivity index (χ0) is 25.7. The Labute approximate surface area is 214 Å². The Morgan fingerprint density at radius 1 is 1.08 bits per heavy atom. The lowest BCUT2D eigenvalue weighted by Gasteiger charge is -2.34. The van der Waals surface area contributed by atoms with Gasteiger partial charge >= 0.3 is 0 Å². The largest absolute Gasteiger partial charge is 0.330 e. The minimum Gasteiger partial charge on any atom is -0.330 e. The highest BCUT2D eigenvalue weighted by Crippen LogP contribution is 2.33. The zero-order valence-corrected chi connectivity index (χ0v) is 21.3. The maximum atomic E-state index is 13.9. The van der Waals surface area contributed by atoms with Crippen LogP contribution < -0.4 is 5.73 Å². The molecule has 0 aliphatic rings. The molecule has 2 N–H and O–H groups in total. The van der Waals surface area contributed by atoms with Gasteiger partial charge in [0.25, 0.3) is 5.91 Å². The molecule has 0 aliphatic carbocycles. The van der Waals surface area contributed by atoms with Crippen LogP contribution >= 0.6 is 0 Å². The van der Waals surface area contributed by atoms with Crippen LogP contribution in [-0.2, 0) is 6.54 Å². The van der Waals surface area contributed by atoms with E-state index in [9.17, 15) is 4.79 Å². The molecule has 0 fully saturated rings. The molecule has 0 radical (unpaired) electrons. The Morgan fingerprint density at radius 2 is 1.81 bits per heavy atom. The Kier molecular flexibility index (Phi) is 7.87. The highest BCUT2D eigenvalue weighted by molar-refractivity contribution is 5.94. The maximum Gasteiger partial charge on any atom is 0.254 e. The zero-order valence-electron chi connectivity index (χ0n) is 21.3. The van der Waals surface area contributed by atoms with Crippen LogP contribution in [0.4, 0.5) is 0 Å². The number of benzene rings is 3. The minimum absolute atomic E-state index is 0.00946. The van der Waals surface area contributed by atoms with Crippen molar-refractivity contribution >= 4 is 16.9 Å². The van der Waals surface area contributed by atoms with Crippen molar-refractivity contribution in [3.05, 3.63) is 101 Å². The molecule has 0 saturated heterocycles. The molecule has 5 nitrogen and oxygen atoms in total. The SMILES string of the molecule is C#Cc1ccc2c(c1)nc([C@@H](C(C)C)N(CCCN)C(=O)c1ccc(C)cc1)n2Cc1ccccc1. The number of terminal acetylenes is 1. The van der Waals surface area contributed by atoms with Gasteiger partial charge < -0.3 is 15.2 Å². The number of carbonyl (C=O) groups excluding carboxylic acids is 1. The molecular weight excluding hydrogens is 444 g/mol. The summed E-state index contributed by atoms with van der Waals surface area (Å²) in [5.74, 6) is 3.69. The second kappa shape index (κ2) is 11.2. The van der Waals surface area contributed by atoms with Crippen LogP contribution in [0.5, 0.6) is 0 Å². The second-order valence-electron chi connectivity index (χ2n) is 9.59. The summed E-state index contributed by atoms with van der Waals surface area (Å²) in [5.41, 5.74) is 11.5. The van der Waals surface area contributed by atoms with Gasteiger partial charge in [-0.2, -0.15) is 0 Å². The Morgan fingerprint density at radius 3 is 2.44 bits per heavy atom. The van der Waals surface area contributed by atoms with Crippen LogP contribution in [0.1, 0.15) is 59.2 Å². The van der Waals surface area contributed by atoms with E-state index < -0.39 is 0 Å². The Bertz CT molecular complexity index is 1360. The fourth-order valence-corrected chi connectivity index (χ4v) is 4.68. The summed E-state index contributed by atoms with van der Waals surface area (Å²) in [5, 5.41) is 0. The van der Waals surface area contributed by atoms with E-state index >= 15 is 0 Å². The number of carbonyl (C=O) groups is 1. The summed E-state index contributed by atoms with van der Waals surface area (Å²) >= 11 is 0. The van der Waals surface area contributed by atoms with Gasteiger partial charge in [-0.25, -0.2) is 4.98 Å². The molecule has 4 rings (SSSR count). The van der Waals surface area contributed by atoms with E-state index in [1.807, 2.05) is 72.5 Å². The monoisotopic (exact) mass is 478 g/mol. The second-order valence-corrected chi connectivity index (χ2v) is 9.59. The van der Waals surface area contributed by atoms with Gasteiger partial charge in [-0.1, -0.05) is 67.8 Å². The molecule has 0 unspecified atom stereocenters. The van der Waals surface area contributed by atoms with Crippen LogP contribution in [-0.4, -0.2) is 33.4 Å². The van der Waals surface area contributed by atoms with Crippen molar-refractivity contribution in [2.45, 2.75) is 39.8 Å². The molecule has 1 amide bonds. The molecule has 1 heterocycles. The van der Waals surface area contributed by atoms with E-state index in [0.717, 1.165) is 28.0 Å². The number of hydrogen-bond donors (Lipinski definition) is 1. The van der Waals surface area contributed by atoms with Crippen molar-refractivity contribution in [1.29, 1.82) is 0 Å². The highest BCUT2D eigenvalue weighted by Gasteiger charge is 2.32. The summed E-state index contributed by atoms with van der Waals surface area (Å²) < 4.78 is 2.23. The summed E-state index contributed by atoms with van der Waals surface area (Å²) in [7, 11) is 0. The van der Waals surface area contributed by atoms with Crippen molar-refractivity contribution < 1.29 is 4.79 Å². The van der Waals surface area contributed by atoms with Crippen molar-refractivity contribution in [3.8, 4) is 12.3 Å². The first kappa shape index (κ1) is 25.2. The number of fused-ring (bicyclic) bond motifs is 1. The molecule has 0 saturated carbocycles. The summed E-state index contributed by atoms with van der Waals surface area (Å²) in [6.07, 6.45) is 6.40. The first-order valence-electron chi connectivity index (χ1n) is 12.5. The van der Waals surface area contributed by atoms with Gasteiger partial charge in [-0.05, 0) is 61.7 Å². The number of rotatable bonds is 9. The topological polar surface area (TPSA) is 64.2 Å². The third-order valence-electron chi connectivity index (χ3n) is 6.52. The predicted molar refractivity (Wildman–Crippen MR) is 147 cm³/mol. The maximum absolute atomic E-state index is 13.9. The van der Waals surface area contributed by atoms with Crippen LogP contribution in [0.2, 0.25) is 0 Å². The number of aryl methyl sites for hydroxylation is 1. The number of nitrogens with two attached hydrogens (primary N) is 1. The summed E-state index contributed by atoms with van der Waals surface area (Å²) in [6, 6.07) is 23.8. The standard InChI is InChI=1S/C31H34N4O/c1-5-24-14-17-28-27(20-24)33-30(35(28)21-25-10-7-6-8-11-25)29(22(2)3)34(19-9-18-32)31(36)26-15-12-23(4)13-16-26/h1,6-8,10-17,20,22,29H,9,18-19,21,32H2,2-4H3/t29-/m1/s1. The summed E-state index contributed by atoms with van der Waals surface area (Å²) in [6.45, 7) is 8.01. The summed E-state index contributed by atoms with van der Waals surface area (Å²) in [4.78, 5) is 20.9. The van der Waals surface area contributed by atoms with Gasteiger partial charge in [0.05, 0.1) is 17.1 Å². The Balaban J connectivity index is 1.87. The molecule has 0 spiro atoms. The molecule has 4 aromatic rings. The van der Waals surface area contributed by atoms with E-state index in [2.05, 4.69) is 36.5 Å². The van der Waals surface area contributed by atoms with E-state index in [0.29, 0.717) is 31.6 Å². The van der Waals surface area contributed by atoms with Gasteiger partial charge in [-0.15, -0.1) is 6.42 Å². The number of nitrogens with zero attached hydrogens (tertiary/aromatic N) is 3. The third kappa shape index (κ3) is 5.35. The lowest BCUT2D eigenvalue weighted by molar-refractivity contribution is 0.0605. The Hall–Kier alpha value is -3.88.